The van der Waals surface area contributed by atoms with Gasteiger partial charge >= 0.3 is 0 Å². The molecule has 0 spiro atoms. The van der Waals surface area contributed by atoms with Crippen molar-refractivity contribution in [2.75, 3.05) is 17.7 Å². The quantitative estimate of drug-likeness (QED) is 0.697. The van der Waals surface area contributed by atoms with Gasteiger partial charge in [-0.25, -0.2) is 9.97 Å². The minimum atomic E-state index is -0.362. The first kappa shape index (κ1) is 10.1. The summed E-state index contributed by atoms with van der Waals surface area (Å²) in [6.45, 7) is 0. The van der Waals surface area contributed by atoms with Gasteiger partial charge in [0, 0.05) is 19.4 Å². The van der Waals surface area contributed by atoms with Gasteiger partial charge in [-0.15, -0.1) is 0 Å². The minimum Gasteiger partial charge on any atom is -0.372 e. The van der Waals surface area contributed by atoms with Crippen LogP contribution in [-0.4, -0.2) is 32.9 Å². The molecule has 82 valence electrons. The number of hydrogen-bond donors (Lipinski definition) is 3. The average Bonchev–Trinajstić information content (AvgIpc) is 2.82. The third-order valence-corrected chi connectivity index (χ3v) is 1.85. The molecule has 0 fully saturated rings. The van der Waals surface area contributed by atoms with Crippen molar-refractivity contribution >= 4 is 17.7 Å². The van der Waals surface area contributed by atoms with E-state index in [1.165, 1.54) is 12.4 Å². The Kier molecular flexibility index (Phi) is 2.77. The van der Waals surface area contributed by atoms with E-state index in [4.69, 9.17) is 0 Å². The van der Waals surface area contributed by atoms with E-state index < -0.39 is 0 Å². The summed E-state index contributed by atoms with van der Waals surface area (Å²) in [6, 6.07) is 0. The molecule has 0 aromatic carbocycles. The highest BCUT2D eigenvalue weighted by Gasteiger charge is 2.09. The molecule has 2 rings (SSSR count). The summed E-state index contributed by atoms with van der Waals surface area (Å²) in [5.41, 5.74) is 0.225. The summed E-state index contributed by atoms with van der Waals surface area (Å²) in [4.78, 5) is 26.2. The average molecular weight is 218 g/mol. The van der Waals surface area contributed by atoms with Crippen LogP contribution in [-0.2, 0) is 0 Å². The monoisotopic (exact) mass is 218 g/mol. The summed E-state index contributed by atoms with van der Waals surface area (Å²) in [5, 5.41) is 5.36. The summed E-state index contributed by atoms with van der Waals surface area (Å²) >= 11 is 0. The number of nitrogens with zero attached hydrogens (tertiary/aromatic N) is 3. The molecule has 0 aliphatic heterocycles. The highest BCUT2D eigenvalue weighted by atomic mass is 16.2. The van der Waals surface area contributed by atoms with Crippen LogP contribution < -0.4 is 10.6 Å². The van der Waals surface area contributed by atoms with E-state index >= 15 is 0 Å². The third kappa shape index (κ3) is 2.14. The van der Waals surface area contributed by atoms with Gasteiger partial charge in [-0.3, -0.25) is 15.1 Å². The number of nitrogens with one attached hydrogen (secondary N) is 3. The summed E-state index contributed by atoms with van der Waals surface area (Å²) in [7, 11) is 1.71. The number of H-pyrrole nitrogens is 1. The minimum absolute atomic E-state index is 0.225. The lowest BCUT2D eigenvalue weighted by Crippen LogP contribution is -2.15. The first-order valence-corrected chi connectivity index (χ1v) is 4.60. The SMILES string of the molecule is CNc1cncc(C(=O)Nc2ncc[nH]2)n1. The second-order valence-electron chi connectivity index (χ2n) is 2.93. The number of aromatic nitrogens is 4. The number of imidazole rings is 1. The number of anilines is 2. The van der Waals surface area contributed by atoms with E-state index in [0.717, 1.165) is 0 Å². The Labute approximate surface area is 91.3 Å². The van der Waals surface area contributed by atoms with Crippen molar-refractivity contribution in [1.29, 1.82) is 0 Å². The predicted octanol–water partition coefficient (Wildman–Crippen LogP) is 0.494. The smallest absolute Gasteiger partial charge is 0.278 e. The van der Waals surface area contributed by atoms with Gasteiger partial charge in [-0.2, -0.15) is 0 Å². The molecule has 2 aromatic heterocycles. The van der Waals surface area contributed by atoms with Crippen LogP contribution in [0.15, 0.2) is 24.8 Å². The van der Waals surface area contributed by atoms with Crippen LogP contribution in [0.3, 0.4) is 0 Å². The van der Waals surface area contributed by atoms with Crippen molar-refractivity contribution in [3.8, 4) is 0 Å². The Morgan fingerprint density at radius 3 is 3.00 bits per heavy atom. The van der Waals surface area contributed by atoms with Gasteiger partial charge in [0.1, 0.15) is 11.5 Å². The first-order valence-electron chi connectivity index (χ1n) is 4.60. The zero-order valence-electron chi connectivity index (χ0n) is 8.56. The maximum atomic E-state index is 11.7. The van der Waals surface area contributed by atoms with Gasteiger partial charge in [0.15, 0.2) is 0 Å². The predicted molar refractivity (Wildman–Crippen MR) is 58.1 cm³/mol. The molecule has 0 aliphatic rings. The van der Waals surface area contributed by atoms with Crippen LogP contribution in [0.4, 0.5) is 11.8 Å². The number of amides is 1. The molecule has 7 nitrogen and oxygen atoms in total. The molecule has 0 atom stereocenters. The summed E-state index contributed by atoms with van der Waals surface area (Å²) in [5.74, 6) is 0.549. The van der Waals surface area contributed by atoms with E-state index in [0.29, 0.717) is 11.8 Å². The highest BCUT2D eigenvalue weighted by molar-refractivity contribution is 6.01. The van der Waals surface area contributed by atoms with Crippen molar-refractivity contribution in [1.82, 2.24) is 19.9 Å². The van der Waals surface area contributed by atoms with E-state index in [1.807, 2.05) is 0 Å². The molecular weight excluding hydrogens is 208 g/mol. The van der Waals surface area contributed by atoms with Crippen LogP contribution in [0, 0.1) is 0 Å². The Morgan fingerprint density at radius 1 is 1.44 bits per heavy atom. The number of carbonyl (C=O) groups is 1. The van der Waals surface area contributed by atoms with Gasteiger partial charge in [0.25, 0.3) is 5.91 Å². The topological polar surface area (TPSA) is 95.6 Å². The Bertz CT molecular complexity index is 481. The molecular formula is C9H10N6O. The second-order valence-corrected chi connectivity index (χ2v) is 2.93. The van der Waals surface area contributed by atoms with Gasteiger partial charge in [-0.05, 0) is 0 Å². The van der Waals surface area contributed by atoms with Crippen LogP contribution in [0.5, 0.6) is 0 Å². The maximum Gasteiger partial charge on any atom is 0.278 e. The Hall–Kier alpha value is -2.44. The van der Waals surface area contributed by atoms with Crippen LogP contribution in [0.2, 0.25) is 0 Å². The highest BCUT2D eigenvalue weighted by Crippen LogP contribution is 2.03. The summed E-state index contributed by atoms with van der Waals surface area (Å²) < 4.78 is 0. The van der Waals surface area contributed by atoms with E-state index in [2.05, 4.69) is 30.6 Å². The molecule has 7 heteroatoms. The fourth-order valence-electron chi connectivity index (χ4n) is 1.10. The zero-order chi connectivity index (χ0) is 11.4. The van der Waals surface area contributed by atoms with Crippen molar-refractivity contribution in [3.63, 3.8) is 0 Å². The lowest BCUT2D eigenvalue weighted by molar-refractivity contribution is 0.102. The van der Waals surface area contributed by atoms with Crippen LogP contribution >= 0.6 is 0 Å². The molecule has 0 bridgehead atoms. The van der Waals surface area contributed by atoms with E-state index in [-0.39, 0.29) is 11.6 Å². The molecule has 0 unspecified atom stereocenters. The maximum absolute atomic E-state index is 11.7. The number of rotatable bonds is 3. The molecule has 0 saturated carbocycles. The Morgan fingerprint density at radius 2 is 2.31 bits per heavy atom. The number of carbonyl (C=O) groups excluding carboxylic acids is 1. The standard InChI is InChI=1S/C9H10N6O/c1-10-7-5-11-4-6(14-7)8(16)15-9-12-2-3-13-9/h2-5H,1H3,(H,10,14)(H2,12,13,15,16). The van der Waals surface area contributed by atoms with E-state index in [9.17, 15) is 4.79 Å². The number of aromatic amines is 1. The molecule has 1 amide bonds. The van der Waals surface area contributed by atoms with Gasteiger partial charge in [0.05, 0.1) is 12.4 Å². The molecule has 16 heavy (non-hydrogen) atoms. The summed E-state index contributed by atoms with van der Waals surface area (Å²) in [6.07, 6.45) is 6.08. The molecule has 2 heterocycles. The lowest BCUT2D eigenvalue weighted by Gasteiger charge is -2.02. The fraction of sp³-hybridized carbons (Fsp3) is 0.111. The first-order chi connectivity index (χ1) is 7.79. The van der Waals surface area contributed by atoms with Gasteiger partial charge in [-0.1, -0.05) is 0 Å². The molecule has 0 radical (unpaired) electrons. The largest absolute Gasteiger partial charge is 0.372 e. The van der Waals surface area contributed by atoms with Gasteiger partial charge in [0.2, 0.25) is 5.95 Å². The normalized spacial score (nSPS) is 9.81. The third-order valence-electron chi connectivity index (χ3n) is 1.85. The van der Waals surface area contributed by atoms with Crippen molar-refractivity contribution < 1.29 is 4.79 Å². The van der Waals surface area contributed by atoms with Gasteiger partial charge < -0.3 is 10.3 Å². The number of hydrogen-bond acceptors (Lipinski definition) is 5. The van der Waals surface area contributed by atoms with Crippen molar-refractivity contribution in [2.24, 2.45) is 0 Å². The molecule has 3 N–H and O–H groups in total. The van der Waals surface area contributed by atoms with Crippen molar-refractivity contribution in [3.05, 3.63) is 30.5 Å². The second kappa shape index (κ2) is 4.39. The molecule has 0 saturated heterocycles. The Balaban J connectivity index is 2.14. The fourth-order valence-corrected chi connectivity index (χ4v) is 1.10. The van der Waals surface area contributed by atoms with Crippen molar-refractivity contribution in [2.45, 2.75) is 0 Å². The molecule has 0 aliphatic carbocycles. The van der Waals surface area contributed by atoms with Crippen LogP contribution in [0.25, 0.3) is 0 Å². The molecule has 2 aromatic rings. The van der Waals surface area contributed by atoms with Crippen LogP contribution in [0.1, 0.15) is 10.5 Å². The zero-order valence-corrected chi connectivity index (χ0v) is 8.56. The lowest BCUT2D eigenvalue weighted by atomic mass is 10.4. The van der Waals surface area contributed by atoms with E-state index in [1.54, 1.807) is 19.4 Å².